The molecule has 0 amide bonds. The molecule has 0 unspecified atom stereocenters. The van der Waals surface area contributed by atoms with E-state index in [-0.39, 0.29) is 26.8 Å². The molecule has 1 N–H and O–H groups in total. The van der Waals surface area contributed by atoms with Crippen molar-refractivity contribution in [2.24, 2.45) is 0 Å². The highest BCUT2D eigenvalue weighted by Crippen LogP contribution is 2.34. The number of aliphatic carboxylic acids is 1. The molecule has 0 bridgehead atoms. The highest BCUT2D eigenvalue weighted by atomic mass is 35.5. The molecule has 0 heterocycles. The zero-order valence-corrected chi connectivity index (χ0v) is 10.5. The number of ketones is 2. The minimum atomic E-state index is -1.07. The molecule has 0 spiro atoms. The van der Waals surface area contributed by atoms with E-state index in [0.717, 1.165) is 11.8 Å². The van der Waals surface area contributed by atoms with Gasteiger partial charge in [0, 0.05) is 11.1 Å². The Morgan fingerprint density at radius 2 is 1.72 bits per heavy atom. The fourth-order valence-electron chi connectivity index (χ4n) is 1.59. The van der Waals surface area contributed by atoms with Crippen molar-refractivity contribution in [1.82, 2.24) is 0 Å². The maximum absolute atomic E-state index is 12.1. The lowest BCUT2D eigenvalue weighted by Crippen LogP contribution is -2.19. The summed E-state index contributed by atoms with van der Waals surface area (Å²) >= 11 is 6.60. The van der Waals surface area contributed by atoms with E-state index < -0.39 is 17.5 Å². The van der Waals surface area contributed by atoms with Crippen molar-refractivity contribution in [3.05, 3.63) is 45.3 Å². The summed E-state index contributed by atoms with van der Waals surface area (Å²) in [5, 5.41) is 8.39. The maximum atomic E-state index is 12.1. The lowest BCUT2D eigenvalue weighted by atomic mass is 9.95. The van der Waals surface area contributed by atoms with E-state index in [2.05, 4.69) is 0 Å². The smallest absolute Gasteiger partial charge is 0.313 e. The topological polar surface area (TPSA) is 71.4 Å². The van der Waals surface area contributed by atoms with E-state index in [0.29, 0.717) is 0 Å². The van der Waals surface area contributed by atoms with E-state index in [9.17, 15) is 14.4 Å². The minimum absolute atomic E-state index is 0.00256. The SMILES string of the molecule is O=C(O)CSC1=C(Cl)C(=O)c2ccccc2C1=O. The average Bonchev–Trinajstić information content (AvgIpc) is 2.36. The Hall–Kier alpha value is -1.59. The summed E-state index contributed by atoms with van der Waals surface area (Å²) in [6, 6.07) is 6.34. The molecule has 0 aromatic heterocycles. The molecule has 1 aliphatic carbocycles. The molecule has 1 aliphatic rings. The number of carbonyl (C=O) groups excluding carboxylic acids is 2. The van der Waals surface area contributed by atoms with Gasteiger partial charge in [-0.25, -0.2) is 0 Å². The van der Waals surface area contributed by atoms with Gasteiger partial charge in [0.15, 0.2) is 0 Å². The van der Waals surface area contributed by atoms with E-state index in [1.807, 2.05) is 0 Å². The first kappa shape index (κ1) is 12.9. The van der Waals surface area contributed by atoms with E-state index in [1.54, 1.807) is 12.1 Å². The summed E-state index contributed by atoms with van der Waals surface area (Å²) in [6.07, 6.45) is 0. The predicted octanol–water partition coefficient (Wildman–Crippen LogP) is 2.33. The third kappa shape index (κ3) is 2.19. The summed E-state index contributed by atoms with van der Waals surface area (Å²) < 4.78 is 0. The zero-order chi connectivity index (χ0) is 13.3. The Morgan fingerprint density at radius 3 is 2.28 bits per heavy atom. The molecule has 92 valence electrons. The fraction of sp³-hybridized carbons (Fsp3) is 0.0833. The van der Waals surface area contributed by atoms with E-state index >= 15 is 0 Å². The van der Waals surface area contributed by atoms with Crippen LogP contribution in [-0.2, 0) is 4.79 Å². The lowest BCUT2D eigenvalue weighted by molar-refractivity contribution is -0.133. The monoisotopic (exact) mass is 282 g/mol. The molecule has 0 fully saturated rings. The number of carboxylic acid groups (broad SMARTS) is 1. The van der Waals surface area contributed by atoms with Gasteiger partial charge in [-0.1, -0.05) is 35.9 Å². The average molecular weight is 283 g/mol. The first-order valence-electron chi connectivity index (χ1n) is 4.95. The number of benzene rings is 1. The molecule has 0 saturated heterocycles. The van der Waals surface area contributed by atoms with Crippen LogP contribution < -0.4 is 0 Å². The van der Waals surface area contributed by atoms with Crippen LogP contribution in [0.25, 0.3) is 0 Å². The van der Waals surface area contributed by atoms with Gasteiger partial charge in [-0.05, 0) is 0 Å². The molecule has 4 nitrogen and oxygen atoms in total. The molecule has 1 aromatic rings. The van der Waals surface area contributed by atoms with Crippen molar-refractivity contribution in [1.29, 1.82) is 0 Å². The number of hydrogen-bond donors (Lipinski definition) is 1. The third-order valence-corrected chi connectivity index (χ3v) is 3.90. The summed E-state index contributed by atoms with van der Waals surface area (Å²) in [6.45, 7) is 0. The second-order valence-electron chi connectivity index (χ2n) is 3.53. The van der Waals surface area contributed by atoms with Gasteiger partial charge in [-0.3, -0.25) is 14.4 Å². The van der Waals surface area contributed by atoms with Crippen LogP contribution in [0.4, 0.5) is 0 Å². The number of halogens is 1. The van der Waals surface area contributed by atoms with Crippen molar-refractivity contribution < 1.29 is 19.5 Å². The number of carbonyl (C=O) groups is 3. The Kier molecular flexibility index (Phi) is 3.54. The van der Waals surface area contributed by atoms with Crippen molar-refractivity contribution in [3.63, 3.8) is 0 Å². The van der Waals surface area contributed by atoms with Crippen LogP contribution in [0.3, 0.4) is 0 Å². The van der Waals surface area contributed by atoms with Crippen LogP contribution in [0.2, 0.25) is 0 Å². The summed E-state index contributed by atoms with van der Waals surface area (Å²) in [7, 11) is 0. The Balaban J connectivity index is 2.43. The highest BCUT2D eigenvalue weighted by Gasteiger charge is 2.31. The second-order valence-corrected chi connectivity index (χ2v) is 4.89. The number of fused-ring (bicyclic) bond motifs is 1. The van der Waals surface area contributed by atoms with Crippen molar-refractivity contribution >= 4 is 40.9 Å². The highest BCUT2D eigenvalue weighted by molar-refractivity contribution is 8.04. The van der Waals surface area contributed by atoms with Gasteiger partial charge in [-0.2, -0.15) is 0 Å². The number of allylic oxidation sites excluding steroid dienone is 2. The number of hydrogen-bond acceptors (Lipinski definition) is 4. The first-order chi connectivity index (χ1) is 8.52. The fourth-order valence-corrected chi connectivity index (χ4v) is 2.66. The largest absolute Gasteiger partial charge is 0.481 e. The molecule has 18 heavy (non-hydrogen) atoms. The standard InChI is InChI=1S/C12H7ClO4S/c13-9-10(16)6-3-1-2-4-7(6)11(17)12(9)18-5-8(14)15/h1-4H,5H2,(H,14,15). The molecular formula is C12H7ClO4S. The van der Waals surface area contributed by atoms with Gasteiger partial charge in [0.05, 0.1) is 10.7 Å². The number of rotatable bonds is 3. The van der Waals surface area contributed by atoms with Crippen LogP contribution in [0.15, 0.2) is 34.2 Å². The summed E-state index contributed by atoms with van der Waals surface area (Å²) in [5.41, 5.74) is 0.520. The summed E-state index contributed by atoms with van der Waals surface area (Å²) in [5.74, 6) is -2.23. The quantitative estimate of drug-likeness (QED) is 0.921. The van der Waals surface area contributed by atoms with Crippen molar-refractivity contribution in [2.45, 2.75) is 0 Å². The minimum Gasteiger partial charge on any atom is -0.481 e. The maximum Gasteiger partial charge on any atom is 0.313 e. The van der Waals surface area contributed by atoms with Crippen LogP contribution in [0, 0.1) is 0 Å². The van der Waals surface area contributed by atoms with Gasteiger partial charge >= 0.3 is 5.97 Å². The number of carboxylic acids is 1. The van der Waals surface area contributed by atoms with Gasteiger partial charge in [0.1, 0.15) is 5.03 Å². The number of thioether (sulfide) groups is 1. The Morgan fingerprint density at radius 1 is 1.17 bits per heavy atom. The van der Waals surface area contributed by atoms with Crippen LogP contribution in [0.1, 0.15) is 20.7 Å². The predicted molar refractivity (Wildman–Crippen MR) is 68.1 cm³/mol. The van der Waals surface area contributed by atoms with Crippen LogP contribution >= 0.6 is 23.4 Å². The number of Topliss-reactive ketones (excluding diaryl/α,β-unsaturated/α-hetero) is 2. The zero-order valence-electron chi connectivity index (χ0n) is 8.97. The molecule has 0 aliphatic heterocycles. The van der Waals surface area contributed by atoms with E-state index in [4.69, 9.17) is 16.7 Å². The molecule has 0 saturated carbocycles. The van der Waals surface area contributed by atoms with E-state index in [1.165, 1.54) is 12.1 Å². The Labute approximate surface area is 112 Å². The first-order valence-corrected chi connectivity index (χ1v) is 6.31. The van der Waals surface area contributed by atoms with Crippen molar-refractivity contribution in [3.8, 4) is 0 Å². The van der Waals surface area contributed by atoms with Gasteiger partial charge in [0.2, 0.25) is 11.6 Å². The molecule has 1 aromatic carbocycles. The molecule has 2 rings (SSSR count). The van der Waals surface area contributed by atoms with Gasteiger partial charge < -0.3 is 5.11 Å². The van der Waals surface area contributed by atoms with Crippen LogP contribution in [-0.4, -0.2) is 28.4 Å². The summed E-state index contributed by atoms with van der Waals surface area (Å²) in [4.78, 5) is 34.5. The van der Waals surface area contributed by atoms with Crippen molar-refractivity contribution in [2.75, 3.05) is 5.75 Å². The third-order valence-electron chi connectivity index (χ3n) is 2.36. The molecule has 0 radical (unpaired) electrons. The molecular weight excluding hydrogens is 276 g/mol. The van der Waals surface area contributed by atoms with Gasteiger partial charge in [0.25, 0.3) is 0 Å². The molecule has 6 heteroatoms. The molecule has 0 atom stereocenters. The van der Waals surface area contributed by atoms with Crippen LogP contribution in [0.5, 0.6) is 0 Å². The lowest BCUT2D eigenvalue weighted by Gasteiger charge is -2.16. The second kappa shape index (κ2) is 4.96. The Bertz CT molecular complexity index is 591. The normalized spacial score (nSPS) is 14.7. The van der Waals surface area contributed by atoms with Gasteiger partial charge in [-0.15, -0.1) is 11.8 Å².